The summed E-state index contributed by atoms with van der Waals surface area (Å²) in [6, 6.07) is 8.82. The van der Waals surface area contributed by atoms with Gasteiger partial charge in [-0.3, -0.25) is 4.79 Å². The Morgan fingerprint density at radius 1 is 1.11 bits per heavy atom. The van der Waals surface area contributed by atoms with Crippen LogP contribution in [0, 0.1) is 17.5 Å². The standard InChI is InChI=1S/C17H13F3N4OS2/c1-9(15(25)22-14-6-5-11(19)8-13(14)20)26-17-24-23-16(27-17)21-12-4-2-3-10(18)7-12/h2-9H,1H3,(H,21,23)(H,22,25)/t9-/m0/s1. The number of nitrogens with zero attached hydrogens (tertiary/aromatic N) is 2. The maximum atomic E-state index is 13.6. The molecule has 0 fully saturated rings. The maximum Gasteiger partial charge on any atom is 0.237 e. The first-order valence-corrected chi connectivity index (χ1v) is 9.39. The third-order valence-electron chi connectivity index (χ3n) is 3.32. The molecule has 1 amide bonds. The van der Waals surface area contributed by atoms with Gasteiger partial charge >= 0.3 is 0 Å². The van der Waals surface area contributed by atoms with Gasteiger partial charge in [-0.2, -0.15) is 0 Å². The number of nitrogens with one attached hydrogen (secondary N) is 2. The molecule has 0 aliphatic carbocycles. The lowest BCUT2D eigenvalue weighted by molar-refractivity contribution is -0.115. The number of carbonyl (C=O) groups is 1. The fourth-order valence-corrected chi connectivity index (χ4v) is 3.94. The SMILES string of the molecule is C[C@H](Sc1nnc(Nc2cccc(F)c2)s1)C(=O)Nc1ccc(F)cc1F. The van der Waals surface area contributed by atoms with Crippen molar-refractivity contribution >= 4 is 45.5 Å². The van der Waals surface area contributed by atoms with Crippen LogP contribution in [-0.4, -0.2) is 21.4 Å². The van der Waals surface area contributed by atoms with Crippen LogP contribution in [0.15, 0.2) is 46.8 Å². The number of anilines is 3. The predicted molar refractivity (Wildman–Crippen MR) is 99.9 cm³/mol. The van der Waals surface area contributed by atoms with E-state index in [0.29, 0.717) is 21.2 Å². The lowest BCUT2D eigenvalue weighted by Crippen LogP contribution is -2.22. The van der Waals surface area contributed by atoms with Crippen LogP contribution in [0.1, 0.15) is 6.92 Å². The van der Waals surface area contributed by atoms with E-state index in [1.54, 1.807) is 19.1 Å². The third-order valence-corrected chi connectivity index (χ3v) is 5.34. The summed E-state index contributed by atoms with van der Waals surface area (Å²) < 4.78 is 40.2. The van der Waals surface area contributed by atoms with Crippen molar-refractivity contribution in [1.82, 2.24) is 10.2 Å². The van der Waals surface area contributed by atoms with E-state index in [1.165, 1.54) is 23.5 Å². The Labute approximate surface area is 161 Å². The smallest absolute Gasteiger partial charge is 0.237 e. The summed E-state index contributed by atoms with van der Waals surface area (Å²) in [4.78, 5) is 12.2. The first-order valence-electron chi connectivity index (χ1n) is 7.69. The van der Waals surface area contributed by atoms with Gasteiger partial charge in [0.15, 0.2) is 4.34 Å². The molecule has 2 N–H and O–H groups in total. The second-order valence-corrected chi connectivity index (χ2v) is 7.95. The van der Waals surface area contributed by atoms with E-state index in [-0.39, 0.29) is 11.5 Å². The number of hydrogen-bond donors (Lipinski definition) is 2. The van der Waals surface area contributed by atoms with Gasteiger partial charge in [-0.05, 0) is 37.3 Å². The maximum absolute atomic E-state index is 13.6. The van der Waals surface area contributed by atoms with Crippen molar-refractivity contribution in [2.24, 2.45) is 0 Å². The number of aromatic nitrogens is 2. The molecule has 10 heteroatoms. The molecule has 0 saturated heterocycles. The molecular formula is C17H13F3N4OS2. The van der Waals surface area contributed by atoms with Gasteiger partial charge in [-0.1, -0.05) is 29.2 Å². The number of rotatable bonds is 6. The second-order valence-electron chi connectivity index (χ2n) is 5.38. The summed E-state index contributed by atoms with van der Waals surface area (Å²) in [7, 11) is 0. The Kier molecular flexibility index (Phi) is 5.97. The molecule has 2 aromatic carbocycles. The number of halogens is 3. The summed E-state index contributed by atoms with van der Waals surface area (Å²) in [5.74, 6) is -2.41. The van der Waals surface area contributed by atoms with Gasteiger partial charge in [0, 0.05) is 11.8 Å². The number of thioether (sulfide) groups is 1. The molecule has 0 saturated carbocycles. The molecule has 3 aromatic rings. The quantitative estimate of drug-likeness (QED) is 0.571. The molecule has 0 aliphatic heterocycles. The van der Waals surface area contributed by atoms with E-state index >= 15 is 0 Å². The zero-order chi connectivity index (χ0) is 19.4. The monoisotopic (exact) mass is 410 g/mol. The van der Waals surface area contributed by atoms with Gasteiger partial charge in [0.25, 0.3) is 0 Å². The topological polar surface area (TPSA) is 66.9 Å². The van der Waals surface area contributed by atoms with Gasteiger partial charge in [-0.15, -0.1) is 10.2 Å². The number of carbonyl (C=O) groups excluding carboxylic acids is 1. The molecule has 0 unspecified atom stereocenters. The molecule has 1 heterocycles. The number of benzene rings is 2. The van der Waals surface area contributed by atoms with Crippen LogP contribution in [-0.2, 0) is 4.79 Å². The van der Waals surface area contributed by atoms with Crippen LogP contribution in [0.25, 0.3) is 0 Å². The molecule has 0 bridgehead atoms. The predicted octanol–water partition coefficient (Wildman–Crippen LogP) is 4.82. The van der Waals surface area contributed by atoms with Crippen molar-refractivity contribution in [3.8, 4) is 0 Å². The molecular weight excluding hydrogens is 397 g/mol. The van der Waals surface area contributed by atoms with Gasteiger partial charge < -0.3 is 10.6 Å². The third kappa shape index (κ3) is 5.20. The molecule has 0 radical (unpaired) electrons. The van der Waals surface area contributed by atoms with Crippen molar-refractivity contribution < 1.29 is 18.0 Å². The molecule has 3 rings (SSSR count). The van der Waals surface area contributed by atoms with Gasteiger partial charge in [0.2, 0.25) is 11.0 Å². The summed E-state index contributed by atoms with van der Waals surface area (Å²) in [6.45, 7) is 1.63. The fraction of sp³-hybridized carbons (Fsp3) is 0.118. The Morgan fingerprint density at radius 2 is 1.89 bits per heavy atom. The largest absolute Gasteiger partial charge is 0.330 e. The molecule has 1 atom stereocenters. The molecule has 140 valence electrons. The highest BCUT2D eigenvalue weighted by Crippen LogP contribution is 2.31. The number of amides is 1. The van der Waals surface area contributed by atoms with Gasteiger partial charge in [-0.25, -0.2) is 13.2 Å². The van der Waals surface area contributed by atoms with Crippen molar-refractivity contribution in [3.05, 3.63) is 59.9 Å². The van der Waals surface area contributed by atoms with Crippen molar-refractivity contribution in [2.75, 3.05) is 10.6 Å². The average Bonchev–Trinajstić information content (AvgIpc) is 3.04. The zero-order valence-corrected chi connectivity index (χ0v) is 15.5. The average molecular weight is 410 g/mol. The Balaban J connectivity index is 1.59. The van der Waals surface area contributed by atoms with E-state index in [9.17, 15) is 18.0 Å². The minimum Gasteiger partial charge on any atom is -0.330 e. The number of hydrogen-bond acceptors (Lipinski definition) is 6. The first kappa shape index (κ1) is 19.2. The Hall–Kier alpha value is -2.59. The summed E-state index contributed by atoms with van der Waals surface area (Å²) in [5, 5.41) is 13.1. The zero-order valence-electron chi connectivity index (χ0n) is 13.9. The van der Waals surface area contributed by atoms with E-state index in [4.69, 9.17) is 0 Å². The van der Waals surface area contributed by atoms with E-state index in [2.05, 4.69) is 20.8 Å². The lowest BCUT2D eigenvalue weighted by atomic mass is 10.3. The van der Waals surface area contributed by atoms with Crippen LogP contribution >= 0.6 is 23.1 Å². The van der Waals surface area contributed by atoms with Crippen molar-refractivity contribution in [2.45, 2.75) is 16.5 Å². The van der Waals surface area contributed by atoms with E-state index in [1.807, 2.05) is 0 Å². The van der Waals surface area contributed by atoms with Crippen molar-refractivity contribution in [3.63, 3.8) is 0 Å². The van der Waals surface area contributed by atoms with Gasteiger partial charge in [0.1, 0.15) is 17.5 Å². The first-order chi connectivity index (χ1) is 12.9. The minimum atomic E-state index is -0.849. The lowest BCUT2D eigenvalue weighted by Gasteiger charge is -2.10. The minimum absolute atomic E-state index is 0.0976. The van der Waals surface area contributed by atoms with Gasteiger partial charge in [0.05, 0.1) is 10.9 Å². The van der Waals surface area contributed by atoms with Crippen molar-refractivity contribution in [1.29, 1.82) is 0 Å². The van der Waals surface area contributed by atoms with Crippen LogP contribution in [0.2, 0.25) is 0 Å². The van der Waals surface area contributed by atoms with Crippen LogP contribution < -0.4 is 10.6 Å². The molecule has 27 heavy (non-hydrogen) atoms. The van der Waals surface area contributed by atoms with Crippen LogP contribution in [0.4, 0.5) is 29.7 Å². The van der Waals surface area contributed by atoms with E-state index in [0.717, 1.165) is 23.9 Å². The van der Waals surface area contributed by atoms with Crippen LogP contribution in [0.5, 0.6) is 0 Å². The van der Waals surface area contributed by atoms with Crippen LogP contribution in [0.3, 0.4) is 0 Å². The molecule has 1 aromatic heterocycles. The highest BCUT2D eigenvalue weighted by molar-refractivity contribution is 8.02. The highest BCUT2D eigenvalue weighted by Gasteiger charge is 2.19. The molecule has 0 spiro atoms. The normalized spacial score (nSPS) is 11.9. The Bertz CT molecular complexity index is 967. The molecule has 5 nitrogen and oxygen atoms in total. The Morgan fingerprint density at radius 3 is 2.63 bits per heavy atom. The summed E-state index contributed by atoms with van der Waals surface area (Å²) >= 11 is 2.33. The highest BCUT2D eigenvalue weighted by atomic mass is 32.2. The fourth-order valence-electron chi connectivity index (χ4n) is 2.03. The summed E-state index contributed by atoms with van der Waals surface area (Å²) in [6.07, 6.45) is 0. The second kappa shape index (κ2) is 8.40. The summed E-state index contributed by atoms with van der Waals surface area (Å²) in [5.41, 5.74) is 0.430. The molecule has 0 aliphatic rings. The van der Waals surface area contributed by atoms with E-state index < -0.39 is 22.8 Å².